The molecular formula is C9H19LiO2Si. The van der Waals surface area contributed by atoms with Crippen LogP contribution in [0.15, 0.2) is 11.8 Å². The Bertz CT molecular complexity index is 183. The van der Waals surface area contributed by atoms with Crippen molar-refractivity contribution in [2.75, 3.05) is 0 Å². The van der Waals surface area contributed by atoms with Crippen molar-refractivity contribution in [3.05, 3.63) is 11.8 Å². The first kappa shape index (κ1) is 15.8. The first-order valence-electron chi connectivity index (χ1n) is 4.23. The van der Waals surface area contributed by atoms with Gasteiger partial charge >= 0.3 is 18.9 Å². The quantitative estimate of drug-likeness (QED) is 0.421. The summed E-state index contributed by atoms with van der Waals surface area (Å²) in [6.07, 6.45) is 1.57. The van der Waals surface area contributed by atoms with E-state index in [0.29, 0.717) is 0 Å². The zero-order valence-electron chi connectivity index (χ0n) is 9.89. The maximum absolute atomic E-state index is 11.4. The number of rotatable bonds is 3. The Kier molecular flexibility index (Phi) is 6.38. The Hall–Kier alpha value is 0.314. The van der Waals surface area contributed by atoms with Gasteiger partial charge < -0.3 is 9.53 Å². The summed E-state index contributed by atoms with van der Waals surface area (Å²) in [5.41, 5.74) is -0.640. The van der Waals surface area contributed by atoms with Crippen LogP contribution in [0.1, 0.15) is 20.8 Å². The van der Waals surface area contributed by atoms with Crippen LogP contribution in [0.5, 0.6) is 0 Å². The Morgan fingerprint density at radius 2 is 1.69 bits per heavy atom. The zero-order valence-corrected chi connectivity index (χ0v) is 10.9. The molecule has 0 aliphatic rings. The molecular weight excluding hydrogens is 175 g/mol. The van der Waals surface area contributed by atoms with E-state index in [1.54, 1.807) is 13.0 Å². The topological polar surface area (TPSA) is 32.3 Å². The van der Waals surface area contributed by atoms with Gasteiger partial charge in [0, 0.05) is 0 Å². The second-order valence-corrected chi connectivity index (χ2v) is 8.81. The van der Waals surface area contributed by atoms with Crippen LogP contribution in [0.4, 0.5) is 0 Å². The summed E-state index contributed by atoms with van der Waals surface area (Å²) in [4.78, 5) is 0. The van der Waals surface area contributed by atoms with Gasteiger partial charge in [-0.05, 0) is 40.4 Å². The summed E-state index contributed by atoms with van der Waals surface area (Å²) in [6, 6.07) is 0. The Morgan fingerprint density at radius 1 is 1.31 bits per heavy atom. The average molecular weight is 194 g/mol. The minimum Gasteiger partial charge on any atom is -0.874 e. The molecule has 0 radical (unpaired) electrons. The van der Waals surface area contributed by atoms with Gasteiger partial charge in [0.1, 0.15) is 0 Å². The van der Waals surface area contributed by atoms with Crippen LogP contribution < -0.4 is 24.0 Å². The van der Waals surface area contributed by atoms with Crippen LogP contribution in [0.2, 0.25) is 19.6 Å². The van der Waals surface area contributed by atoms with Crippen LogP contribution in [-0.4, -0.2) is 13.9 Å². The van der Waals surface area contributed by atoms with Gasteiger partial charge in [-0.3, -0.25) is 0 Å². The molecule has 0 unspecified atom stereocenters. The minimum atomic E-state index is -1.61. The van der Waals surface area contributed by atoms with Crippen molar-refractivity contribution in [2.24, 2.45) is 0 Å². The van der Waals surface area contributed by atoms with Crippen LogP contribution >= 0.6 is 0 Å². The van der Waals surface area contributed by atoms with Gasteiger partial charge in [-0.2, -0.15) is 0 Å². The molecule has 72 valence electrons. The van der Waals surface area contributed by atoms with E-state index in [9.17, 15) is 5.11 Å². The third-order valence-corrected chi connectivity index (χ3v) is 2.54. The Labute approximate surface area is 94.7 Å². The molecule has 0 aliphatic carbocycles. The van der Waals surface area contributed by atoms with E-state index in [1.165, 1.54) is 0 Å². The molecule has 0 atom stereocenters. The summed E-state index contributed by atoms with van der Waals surface area (Å²) in [7, 11) is -1.61. The molecule has 0 amide bonds. The first-order chi connectivity index (χ1) is 5.19. The number of hydrogen-bond donors (Lipinski definition) is 0. The molecule has 0 heterocycles. The third-order valence-electron chi connectivity index (χ3n) is 1.42. The fraction of sp³-hybridized carbons (Fsp3) is 0.778. The van der Waals surface area contributed by atoms with Crippen LogP contribution in [0.25, 0.3) is 0 Å². The van der Waals surface area contributed by atoms with Crippen molar-refractivity contribution >= 4 is 8.32 Å². The van der Waals surface area contributed by atoms with Crippen molar-refractivity contribution in [3.8, 4) is 0 Å². The maximum Gasteiger partial charge on any atom is 1.00 e. The van der Waals surface area contributed by atoms with E-state index in [-0.39, 0.29) is 24.6 Å². The summed E-state index contributed by atoms with van der Waals surface area (Å²) >= 11 is 0. The molecule has 0 saturated carbocycles. The monoisotopic (exact) mass is 194 g/mol. The summed E-state index contributed by atoms with van der Waals surface area (Å²) in [6.45, 7) is 11.6. The average Bonchev–Trinajstić information content (AvgIpc) is 1.80. The predicted molar refractivity (Wildman–Crippen MR) is 52.3 cm³/mol. The molecule has 0 aromatic carbocycles. The molecule has 0 fully saturated rings. The molecule has 0 saturated heterocycles. The molecule has 2 nitrogen and oxygen atoms in total. The van der Waals surface area contributed by atoms with E-state index in [4.69, 9.17) is 4.43 Å². The van der Waals surface area contributed by atoms with Crippen molar-refractivity contribution in [3.63, 3.8) is 0 Å². The molecule has 4 heteroatoms. The molecule has 0 aliphatic heterocycles. The normalized spacial score (nSPS) is 13.8. The van der Waals surface area contributed by atoms with Crippen LogP contribution in [0, 0.1) is 0 Å². The molecule has 0 rings (SSSR count). The fourth-order valence-corrected chi connectivity index (χ4v) is 2.79. The maximum atomic E-state index is 11.4. The van der Waals surface area contributed by atoms with Gasteiger partial charge in [0.15, 0.2) is 8.32 Å². The predicted octanol–water partition coefficient (Wildman–Crippen LogP) is -1.12. The molecule has 0 spiro atoms. The largest absolute Gasteiger partial charge is 1.00 e. The zero-order chi connectivity index (χ0) is 9.99. The van der Waals surface area contributed by atoms with Crippen molar-refractivity contribution in [2.45, 2.75) is 46.0 Å². The van der Waals surface area contributed by atoms with E-state index >= 15 is 0 Å². The van der Waals surface area contributed by atoms with Gasteiger partial charge in [0.25, 0.3) is 0 Å². The number of hydrogen-bond acceptors (Lipinski definition) is 2. The third kappa shape index (κ3) is 6.39. The van der Waals surface area contributed by atoms with Crippen LogP contribution in [0.3, 0.4) is 0 Å². The molecule has 0 aromatic rings. The Morgan fingerprint density at radius 3 is 1.92 bits per heavy atom. The van der Waals surface area contributed by atoms with Crippen LogP contribution in [-0.2, 0) is 4.43 Å². The van der Waals surface area contributed by atoms with Crippen molar-refractivity contribution < 1.29 is 28.4 Å². The van der Waals surface area contributed by atoms with Crippen molar-refractivity contribution in [1.82, 2.24) is 0 Å². The minimum absolute atomic E-state index is 0. The molecule has 0 bridgehead atoms. The first-order valence-corrected chi connectivity index (χ1v) is 7.64. The van der Waals surface area contributed by atoms with Gasteiger partial charge in [-0.25, -0.2) is 0 Å². The van der Waals surface area contributed by atoms with E-state index < -0.39 is 13.9 Å². The molecule has 0 aromatic heterocycles. The summed E-state index contributed by atoms with van der Waals surface area (Å²) < 4.78 is 5.74. The second-order valence-electron chi connectivity index (χ2n) is 4.38. The van der Waals surface area contributed by atoms with Gasteiger partial charge in [-0.15, -0.1) is 5.76 Å². The van der Waals surface area contributed by atoms with Gasteiger partial charge in [0.05, 0.1) is 5.60 Å². The van der Waals surface area contributed by atoms with E-state index in [2.05, 4.69) is 19.6 Å². The smallest absolute Gasteiger partial charge is 0.874 e. The van der Waals surface area contributed by atoms with Crippen molar-refractivity contribution in [1.29, 1.82) is 0 Å². The van der Waals surface area contributed by atoms with Gasteiger partial charge in [0.2, 0.25) is 0 Å². The summed E-state index contributed by atoms with van der Waals surface area (Å²) in [5.74, 6) is 0.0601. The van der Waals surface area contributed by atoms with E-state index in [1.807, 2.05) is 13.8 Å². The Balaban J connectivity index is 0. The standard InChI is InChI=1S/C9H20O2Si.Li/c1-7-8(10)9(2,3)11-12(4,5)6;/h7,10H,1-6H3;/q;+1/p-1/b8-7-;. The van der Waals surface area contributed by atoms with E-state index in [0.717, 1.165) is 0 Å². The second kappa shape index (κ2) is 5.26. The van der Waals surface area contributed by atoms with Gasteiger partial charge in [-0.1, -0.05) is 6.08 Å². The fourth-order valence-electron chi connectivity index (χ4n) is 1.16. The molecule has 13 heavy (non-hydrogen) atoms. The summed E-state index contributed by atoms with van der Waals surface area (Å²) in [5, 5.41) is 11.4. The SMILES string of the molecule is C/C=C(\[O-])C(C)(C)O[Si](C)(C)C.[Li+]. The molecule has 0 N–H and O–H groups in total. The number of allylic oxidation sites excluding steroid dienone is 1.